The largest absolute Gasteiger partial charge is 0.493 e. The van der Waals surface area contributed by atoms with Crippen LogP contribution in [0, 0.1) is 0 Å². The summed E-state index contributed by atoms with van der Waals surface area (Å²) in [5.74, 6) is 0.841. The van der Waals surface area contributed by atoms with Crippen LogP contribution in [0.3, 0.4) is 0 Å². The van der Waals surface area contributed by atoms with Gasteiger partial charge in [0.15, 0.2) is 0 Å². The second-order valence-corrected chi connectivity index (χ2v) is 7.36. The molecule has 2 heterocycles. The lowest BCUT2D eigenvalue weighted by Gasteiger charge is -2.09. The summed E-state index contributed by atoms with van der Waals surface area (Å²) in [5.41, 5.74) is 8.81. The van der Waals surface area contributed by atoms with Crippen molar-refractivity contribution < 1.29 is 9.53 Å². The van der Waals surface area contributed by atoms with E-state index < -0.39 is 0 Å². The molecule has 0 bridgehead atoms. The van der Waals surface area contributed by atoms with Gasteiger partial charge in [-0.2, -0.15) is 0 Å². The molecule has 132 valence electrons. The van der Waals surface area contributed by atoms with Crippen molar-refractivity contribution in [1.82, 2.24) is 10.3 Å². The molecule has 0 saturated carbocycles. The minimum atomic E-state index is -0.292. The zero-order chi connectivity index (χ0) is 17.6. The minimum absolute atomic E-state index is 0.0134. The van der Waals surface area contributed by atoms with Crippen LogP contribution in [-0.2, 0) is 24.1 Å². The van der Waals surface area contributed by atoms with E-state index in [1.807, 2.05) is 30.5 Å². The van der Waals surface area contributed by atoms with Crippen molar-refractivity contribution in [2.24, 2.45) is 5.73 Å². The van der Waals surface area contributed by atoms with Gasteiger partial charge in [0.1, 0.15) is 11.2 Å². The van der Waals surface area contributed by atoms with Crippen LogP contribution in [0.4, 0.5) is 0 Å². The van der Waals surface area contributed by atoms with E-state index >= 15 is 0 Å². The fourth-order valence-corrected chi connectivity index (χ4v) is 3.69. The third kappa shape index (κ3) is 4.96. The number of aromatic nitrogens is 1. The molecular weight excluding hydrogens is 334 g/mol. The van der Waals surface area contributed by atoms with E-state index in [9.17, 15) is 4.79 Å². The Hall–Kier alpha value is -2.05. The van der Waals surface area contributed by atoms with E-state index in [1.165, 1.54) is 17.3 Å². The van der Waals surface area contributed by atoms with Gasteiger partial charge in [0.25, 0.3) is 0 Å². The molecule has 5 nitrogen and oxygen atoms in total. The predicted molar refractivity (Wildman–Crippen MR) is 100 cm³/mol. The van der Waals surface area contributed by atoms with Crippen molar-refractivity contribution in [3.05, 3.63) is 59.4 Å². The van der Waals surface area contributed by atoms with Crippen LogP contribution in [0.2, 0.25) is 0 Å². The lowest BCUT2D eigenvalue weighted by Crippen LogP contribution is -2.33. The maximum atomic E-state index is 11.7. The summed E-state index contributed by atoms with van der Waals surface area (Å²) in [6.07, 6.45) is 4.39. The number of carbonyl (C=O) groups is 1. The standard InChI is InChI=1S/C19H23N3O2S/c1-2-13-3-6-15(21-12-13)9-10-24-16-7-4-14(5-8-16)11-17-18(23)22-19(20)25-17/h3-8,12,17,19H,2,9-11,20H2,1H3,(H,22,23)/t17-,19-/m0/s1. The van der Waals surface area contributed by atoms with E-state index in [-0.39, 0.29) is 16.7 Å². The van der Waals surface area contributed by atoms with Crippen LogP contribution in [-0.4, -0.2) is 28.2 Å². The molecule has 1 aromatic heterocycles. The van der Waals surface area contributed by atoms with Crippen LogP contribution in [0.1, 0.15) is 23.7 Å². The zero-order valence-electron chi connectivity index (χ0n) is 14.3. The molecule has 25 heavy (non-hydrogen) atoms. The summed E-state index contributed by atoms with van der Waals surface area (Å²) >= 11 is 1.47. The monoisotopic (exact) mass is 357 g/mol. The van der Waals surface area contributed by atoms with Gasteiger partial charge in [0, 0.05) is 18.3 Å². The number of amides is 1. The molecule has 1 aromatic carbocycles. The number of benzene rings is 1. The molecule has 1 saturated heterocycles. The number of nitrogens with two attached hydrogens (primary N) is 1. The highest BCUT2D eigenvalue weighted by Gasteiger charge is 2.30. The first-order valence-corrected chi connectivity index (χ1v) is 9.45. The van der Waals surface area contributed by atoms with Crippen molar-refractivity contribution in [2.75, 3.05) is 6.61 Å². The molecule has 3 rings (SSSR count). The molecule has 1 fully saturated rings. The summed E-state index contributed by atoms with van der Waals surface area (Å²) in [7, 11) is 0. The zero-order valence-corrected chi connectivity index (χ0v) is 15.1. The number of nitrogens with one attached hydrogen (secondary N) is 1. The van der Waals surface area contributed by atoms with Gasteiger partial charge in [-0.3, -0.25) is 9.78 Å². The number of pyridine rings is 1. The van der Waals surface area contributed by atoms with Crippen LogP contribution in [0.15, 0.2) is 42.6 Å². The average molecular weight is 357 g/mol. The number of thioether (sulfide) groups is 1. The summed E-state index contributed by atoms with van der Waals surface area (Å²) in [6, 6.07) is 12.1. The highest BCUT2D eigenvalue weighted by molar-refractivity contribution is 8.01. The van der Waals surface area contributed by atoms with E-state index in [1.54, 1.807) is 0 Å². The Morgan fingerprint density at radius 3 is 2.56 bits per heavy atom. The number of ether oxygens (including phenoxy) is 1. The molecule has 2 aromatic rings. The lowest BCUT2D eigenvalue weighted by molar-refractivity contribution is -0.120. The fourth-order valence-electron chi connectivity index (χ4n) is 2.67. The van der Waals surface area contributed by atoms with Crippen molar-refractivity contribution >= 4 is 17.7 Å². The Balaban J connectivity index is 1.46. The van der Waals surface area contributed by atoms with Gasteiger partial charge in [0.2, 0.25) is 5.91 Å². The Bertz CT molecular complexity index is 704. The maximum absolute atomic E-state index is 11.7. The summed E-state index contributed by atoms with van der Waals surface area (Å²) in [6.45, 7) is 2.71. The quantitative estimate of drug-likeness (QED) is 0.795. The van der Waals surface area contributed by atoms with Crippen molar-refractivity contribution in [3.8, 4) is 5.75 Å². The molecule has 0 unspecified atom stereocenters. The lowest BCUT2D eigenvalue weighted by atomic mass is 10.1. The Kier molecular flexibility index (Phi) is 5.94. The number of aryl methyl sites for hydroxylation is 1. The number of hydrogen-bond donors (Lipinski definition) is 2. The highest BCUT2D eigenvalue weighted by atomic mass is 32.2. The van der Waals surface area contributed by atoms with Crippen molar-refractivity contribution in [2.45, 2.75) is 36.9 Å². The van der Waals surface area contributed by atoms with E-state index in [0.717, 1.165) is 29.8 Å². The SMILES string of the molecule is CCc1ccc(CCOc2ccc(C[C@@H]3S[C@@H](N)NC3=O)cc2)nc1. The number of nitrogens with zero attached hydrogens (tertiary/aromatic N) is 1. The predicted octanol–water partition coefficient (Wildman–Crippen LogP) is 2.28. The van der Waals surface area contributed by atoms with E-state index in [0.29, 0.717) is 13.0 Å². The highest BCUT2D eigenvalue weighted by Crippen LogP contribution is 2.24. The Morgan fingerprint density at radius 2 is 1.96 bits per heavy atom. The third-order valence-corrected chi connectivity index (χ3v) is 5.27. The summed E-state index contributed by atoms with van der Waals surface area (Å²) in [4.78, 5) is 16.2. The van der Waals surface area contributed by atoms with Crippen molar-refractivity contribution in [3.63, 3.8) is 0 Å². The topological polar surface area (TPSA) is 77.2 Å². The van der Waals surface area contributed by atoms with Crippen LogP contribution < -0.4 is 15.8 Å². The van der Waals surface area contributed by atoms with Gasteiger partial charge in [-0.1, -0.05) is 25.1 Å². The molecule has 1 aliphatic heterocycles. The molecule has 1 amide bonds. The van der Waals surface area contributed by atoms with Crippen molar-refractivity contribution in [1.29, 1.82) is 0 Å². The molecule has 2 atom stereocenters. The van der Waals surface area contributed by atoms with E-state index in [4.69, 9.17) is 10.5 Å². The van der Waals surface area contributed by atoms with Crippen LogP contribution in [0.25, 0.3) is 0 Å². The molecule has 6 heteroatoms. The Morgan fingerprint density at radius 1 is 1.20 bits per heavy atom. The number of carbonyl (C=O) groups excluding carboxylic acids is 1. The molecule has 1 aliphatic rings. The summed E-state index contributed by atoms with van der Waals surface area (Å²) in [5, 5.41) is 2.61. The van der Waals surface area contributed by atoms with Gasteiger partial charge < -0.3 is 15.8 Å². The fraction of sp³-hybridized carbons (Fsp3) is 0.368. The first-order chi connectivity index (χ1) is 12.1. The normalized spacial score (nSPS) is 19.7. The molecule has 3 N–H and O–H groups in total. The molecule has 0 radical (unpaired) electrons. The molecule has 0 aliphatic carbocycles. The second-order valence-electron chi connectivity index (χ2n) is 6.01. The van der Waals surface area contributed by atoms with Gasteiger partial charge in [-0.05, 0) is 42.2 Å². The number of hydrogen-bond acceptors (Lipinski definition) is 5. The van der Waals surface area contributed by atoms with Gasteiger partial charge in [-0.15, -0.1) is 11.8 Å². The maximum Gasteiger partial charge on any atom is 0.235 e. The first kappa shape index (κ1) is 17.8. The minimum Gasteiger partial charge on any atom is -0.493 e. The molecular formula is C19H23N3O2S. The van der Waals surface area contributed by atoms with Gasteiger partial charge in [-0.25, -0.2) is 0 Å². The number of rotatable bonds is 7. The smallest absolute Gasteiger partial charge is 0.235 e. The molecule has 0 spiro atoms. The summed E-state index contributed by atoms with van der Waals surface area (Å²) < 4.78 is 5.79. The van der Waals surface area contributed by atoms with Crippen LogP contribution in [0.5, 0.6) is 5.75 Å². The van der Waals surface area contributed by atoms with Gasteiger partial charge >= 0.3 is 0 Å². The first-order valence-electron chi connectivity index (χ1n) is 8.51. The second kappa shape index (κ2) is 8.36. The van der Waals surface area contributed by atoms with Crippen LogP contribution >= 0.6 is 11.8 Å². The van der Waals surface area contributed by atoms with Gasteiger partial charge in [0.05, 0.1) is 11.9 Å². The Labute approximate surface area is 152 Å². The third-order valence-electron chi connectivity index (χ3n) is 4.15. The average Bonchev–Trinajstić information content (AvgIpc) is 2.94. The van der Waals surface area contributed by atoms with E-state index in [2.05, 4.69) is 29.4 Å².